The van der Waals surface area contributed by atoms with Crippen molar-refractivity contribution < 1.29 is 23.7 Å². The maximum Gasteiger partial charge on any atom is 0.336 e. The third kappa shape index (κ3) is 5.12. The third-order valence-electron chi connectivity index (χ3n) is 6.29. The van der Waals surface area contributed by atoms with E-state index in [4.69, 9.17) is 18.9 Å². The van der Waals surface area contributed by atoms with Gasteiger partial charge in [0.25, 0.3) is 5.91 Å². The molecule has 9 heteroatoms. The predicted molar refractivity (Wildman–Crippen MR) is 147 cm³/mol. The van der Waals surface area contributed by atoms with E-state index in [-0.39, 0.29) is 18.7 Å². The normalized spacial score (nSPS) is 12.0. The van der Waals surface area contributed by atoms with Crippen LogP contribution < -0.4 is 19.5 Å². The molecule has 1 aliphatic heterocycles. The van der Waals surface area contributed by atoms with E-state index in [1.165, 1.54) is 0 Å². The fourth-order valence-corrected chi connectivity index (χ4v) is 4.40. The van der Waals surface area contributed by atoms with Gasteiger partial charge in [-0.2, -0.15) is 4.98 Å². The summed E-state index contributed by atoms with van der Waals surface area (Å²) in [5.41, 5.74) is 2.82. The van der Waals surface area contributed by atoms with Gasteiger partial charge in [-0.1, -0.05) is 36.4 Å². The second kappa shape index (κ2) is 10.8. The Labute approximate surface area is 224 Å². The highest BCUT2D eigenvalue weighted by Crippen LogP contribution is 2.36. The van der Waals surface area contributed by atoms with Crippen molar-refractivity contribution >= 4 is 22.4 Å². The zero-order valence-electron chi connectivity index (χ0n) is 21.3. The summed E-state index contributed by atoms with van der Waals surface area (Å²) in [6.45, 7) is 3.49. The van der Waals surface area contributed by atoms with Crippen molar-refractivity contribution in [3.8, 4) is 34.6 Å². The Bertz CT molecular complexity index is 1630. The molecule has 1 aliphatic rings. The van der Waals surface area contributed by atoms with Gasteiger partial charge in [0.2, 0.25) is 6.79 Å². The van der Waals surface area contributed by atoms with Crippen molar-refractivity contribution in [3.05, 3.63) is 90.5 Å². The standard InChI is InChI=1S/C30H26N4O5/c1-2-36-16-17-37-30-32-28(21-10-15-26-27(18-21)39-19-38-26)34(33-30)23-13-11-22(12-14-23)31-29(35)25-9-5-7-20-6-3-4-8-24(20)25/h3-15,18H,2,16-17,19H2,1H3,(H,31,35). The van der Waals surface area contributed by atoms with Crippen molar-refractivity contribution in [2.45, 2.75) is 6.92 Å². The van der Waals surface area contributed by atoms with Crippen LogP contribution in [0.15, 0.2) is 84.9 Å². The summed E-state index contributed by atoms with van der Waals surface area (Å²) in [5.74, 6) is 1.73. The van der Waals surface area contributed by atoms with Crippen molar-refractivity contribution in [1.29, 1.82) is 0 Å². The summed E-state index contributed by atoms with van der Waals surface area (Å²) >= 11 is 0. The molecule has 5 aromatic rings. The molecule has 6 rings (SSSR count). The Morgan fingerprint density at radius 2 is 1.77 bits per heavy atom. The van der Waals surface area contributed by atoms with Crippen molar-refractivity contribution in [1.82, 2.24) is 14.8 Å². The van der Waals surface area contributed by atoms with Crippen LogP contribution in [0.1, 0.15) is 17.3 Å². The highest BCUT2D eigenvalue weighted by molar-refractivity contribution is 6.12. The minimum Gasteiger partial charge on any atom is -0.460 e. The summed E-state index contributed by atoms with van der Waals surface area (Å²) in [4.78, 5) is 17.7. The van der Waals surface area contributed by atoms with Crippen LogP contribution in [-0.4, -0.2) is 47.3 Å². The Hall–Kier alpha value is -4.89. The van der Waals surface area contributed by atoms with Gasteiger partial charge in [0.1, 0.15) is 6.61 Å². The molecule has 0 fully saturated rings. The number of ether oxygens (including phenoxy) is 4. The molecular weight excluding hydrogens is 496 g/mol. The molecule has 1 amide bonds. The van der Waals surface area contributed by atoms with E-state index in [9.17, 15) is 4.79 Å². The molecule has 1 aromatic heterocycles. The van der Waals surface area contributed by atoms with E-state index >= 15 is 0 Å². The van der Waals surface area contributed by atoms with E-state index in [0.717, 1.165) is 22.0 Å². The number of rotatable bonds is 9. The van der Waals surface area contributed by atoms with Gasteiger partial charge >= 0.3 is 6.01 Å². The number of hydrogen-bond donors (Lipinski definition) is 1. The Morgan fingerprint density at radius 1 is 0.949 bits per heavy atom. The quantitative estimate of drug-likeness (QED) is 0.256. The number of carbonyl (C=O) groups is 1. The van der Waals surface area contributed by atoms with Crippen molar-refractivity contribution in [2.24, 2.45) is 0 Å². The van der Waals surface area contributed by atoms with Crippen LogP contribution in [0.5, 0.6) is 17.5 Å². The molecule has 0 saturated carbocycles. The molecule has 196 valence electrons. The van der Waals surface area contributed by atoms with Crippen molar-refractivity contribution in [3.63, 3.8) is 0 Å². The maximum absolute atomic E-state index is 13.1. The SMILES string of the molecule is CCOCCOc1nc(-c2ccc3c(c2)OCO3)n(-c2ccc(NC(=O)c3cccc4ccccc34)cc2)n1. The van der Waals surface area contributed by atoms with Crippen LogP contribution in [0.2, 0.25) is 0 Å². The number of amides is 1. The Morgan fingerprint density at radius 3 is 2.64 bits per heavy atom. The molecule has 2 heterocycles. The van der Waals surface area contributed by atoms with Gasteiger partial charge in [0.15, 0.2) is 17.3 Å². The summed E-state index contributed by atoms with van der Waals surface area (Å²) < 4.78 is 23.8. The first-order chi connectivity index (χ1) is 19.2. The summed E-state index contributed by atoms with van der Waals surface area (Å²) in [7, 11) is 0. The molecule has 4 aromatic carbocycles. The third-order valence-corrected chi connectivity index (χ3v) is 6.29. The minimum atomic E-state index is -0.175. The lowest BCUT2D eigenvalue weighted by Gasteiger charge is -2.10. The smallest absolute Gasteiger partial charge is 0.336 e. The number of aromatic nitrogens is 3. The molecule has 0 bridgehead atoms. The predicted octanol–water partition coefficient (Wildman–Crippen LogP) is 5.48. The van der Waals surface area contributed by atoms with E-state index in [0.29, 0.717) is 48.4 Å². The van der Waals surface area contributed by atoms with Gasteiger partial charge in [-0.25, -0.2) is 4.68 Å². The number of anilines is 1. The van der Waals surface area contributed by atoms with Gasteiger partial charge in [-0.3, -0.25) is 4.79 Å². The zero-order valence-corrected chi connectivity index (χ0v) is 21.3. The van der Waals surface area contributed by atoms with E-state index in [1.54, 1.807) is 4.68 Å². The molecule has 1 N–H and O–H groups in total. The molecule has 39 heavy (non-hydrogen) atoms. The maximum atomic E-state index is 13.1. The average molecular weight is 523 g/mol. The van der Waals surface area contributed by atoms with Gasteiger partial charge in [-0.05, 0) is 66.2 Å². The van der Waals surface area contributed by atoms with Gasteiger partial charge < -0.3 is 24.3 Å². The first kappa shape index (κ1) is 24.4. The monoisotopic (exact) mass is 522 g/mol. The second-order valence-corrected chi connectivity index (χ2v) is 8.77. The van der Waals surface area contributed by atoms with E-state index < -0.39 is 0 Å². The lowest BCUT2D eigenvalue weighted by Crippen LogP contribution is -2.12. The molecular formula is C30H26N4O5. The molecule has 9 nitrogen and oxygen atoms in total. The highest BCUT2D eigenvalue weighted by Gasteiger charge is 2.20. The molecule has 0 unspecified atom stereocenters. The lowest BCUT2D eigenvalue weighted by molar-refractivity contribution is 0.102. The summed E-state index contributed by atoms with van der Waals surface area (Å²) in [6, 6.07) is 26.8. The zero-order chi connectivity index (χ0) is 26.6. The largest absolute Gasteiger partial charge is 0.460 e. The van der Waals surface area contributed by atoms with Crippen LogP contribution >= 0.6 is 0 Å². The first-order valence-corrected chi connectivity index (χ1v) is 12.7. The lowest BCUT2D eigenvalue weighted by atomic mass is 10.0. The molecule has 0 aliphatic carbocycles. The van der Waals surface area contributed by atoms with Crippen LogP contribution in [0, 0.1) is 0 Å². The van der Waals surface area contributed by atoms with E-state index in [1.807, 2.05) is 91.9 Å². The molecule has 0 atom stereocenters. The molecule has 0 radical (unpaired) electrons. The fourth-order valence-electron chi connectivity index (χ4n) is 4.40. The average Bonchev–Trinajstić information content (AvgIpc) is 3.62. The van der Waals surface area contributed by atoms with Gasteiger partial charge in [0, 0.05) is 23.4 Å². The van der Waals surface area contributed by atoms with Crippen LogP contribution in [0.25, 0.3) is 27.8 Å². The van der Waals surface area contributed by atoms with Crippen LogP contribution in [-0.2, 0) is 4.74 Å². The molecule has 0 saturated heterocycles. The topological polar surface area (TPSA) is 96.7 Å². The first-order valence-electron chi connectivity index (χ1n) is 12.7. The Balaban J connectivity index is 1.27. The summed E-state index contributed by atoms with van der Waals surface area (Å²) in [6.07, 6.45) is 0. The number of fused-ring (bicyclic) bond motifs is 2. The minimum absolute atomic E-state index is 0.175. The second-order valence-electron chi connectivity index (χ2n) is 8.77. The summed E-state index contributed by atoms with van der Waals surface area (Å²) in [5, 5.41) is 9.50. The van der Waals surface area contributed by atoms with Crippen molar-refractivity contribution in [2.75, 3.05) is 31.9 Å². The van der Waals surface area contributed by atoms with Crippen LogP contribution in [0.3, 0.4) is 0 Å². The number of carbonyl (C=O) groups excluding carboxylic acids is 1. The number of nitrogens with zero attached hydrogens (tertiary/aromatic N) is 3. The highest BCUT2D eigenvalue weighted by atomic mass is 16.7. The number of hydrogen-bond acceptors (Lipinski definition) is 7. The van der Waals surface area contributed by atoms with E-state index in [2.05, 4.69) is 15.4 Å². The van der Waals surface area contributed by atoms with Crippen LogP contribution in [0.4, 0.5) is 5.69 Å². The van der Waals surface area contributed by atoms with Gasteiger partial charge in [-0.15, -0.1) is 5.10 Å². The number of benzene rings is 4. The molecule has 0 spiro atoms. The van der Waals surface area contributed by atoms with Gasteiger partial charge in [0.05, 0.1) is 12.3 Å². The Kier molecular flexibility index (Phi) is 6.80. The number of nitrogens with one attached hydrogen (secondary N) is 1. The fraction of sp³-hybridized carbons (Fsp3) is 0.167.